The number of nitrogens with two attached hydrogens (primary N) is 2. The molecule has 2 unspecified atom stereocenters. The fraction of sp³-hybridized carbons (Fsp3) is 0.667. The quantitative estimate of drug-likeness (QED) is 0.383. The number of rotatable bonds is 8. The van der Waals surface area contributed by atoms with Crippen molar-refractivity contribution in [2.24, 2.45) is 11.5 Å². The van der Waals surface area contributed by atoms with E-state index in [2.05, 4.69) is 5.32 Å². The maximum Gasteiger partial charge on any atom is 0.326 e. The van der Waals surface area contributed by atoms with E-state index in [9.17, 15) is 14.4 Å². The van der Waals surface area contributed by atoms with Crippen LogP contribution in [0, 0.1) is 0 Å². The van der Waals surface area contributed by atoms with Crippen LogP contribution in [-0.2, 0) is 19.1 Å². The van der Waals surface area contributed by atoms with E-state index in [1.54, 1.807) is 0 Å². The van der Waals surface area contributed by atoms with Gasteiger partial charge in [-0.3, -0.25) is 9.59 Å². The Kier molecular flexibility index (Phi) is 6.83. The second kappa shape index (κ2) is 7.58. The van der Waals surface area contributed by atoms with Gasteiger partial charge < -0.3 is 26.6 Å². The van der Waals surface area contributed by atoms with Crippen molar-refractivity contribution in [2.75, 3.05) is 13.7 Å². The molecule has 8 nitrogen and oxygen atoms in total. The Bertz CT molecular complexity index is 294. The van der Waals surface area contributed by atoms with Crippen LogP contribution in [0.1, 0.15) is 12.8 Å². The highest BCUT2D eigenvalue weighted by Gasteiger charge is 2.23. The van der Waals surface area contributed by atoms with E-state index < -0.39 is 29.9 Å². The third-order valence-corrected chi connectivity index (χ3v) is 1.98. The van der Waals surface area contributed by atoms with Gasteiger partial charge in [-0.15, -0.1) is 0 Å². The fourth-order valence-electron chi connectivity index (χ4n) is 1.08. The number of nitrogens with one attached hydrogen (secondary N) is 1. The number of amides is 2. The minimum atomic E-state index is -1.19. The molecule has 0 aliphatic heterocycles. The Morgan fingerprint density at radius 3 is 2.41 bits per heavy atom. The summed E-state index contributed by atoms with van der Waals surface area (Å²) in [4.78, 5) is 32.7. The van der Waals surface area contributed by atoms with E-state index in [1.807, 2.05) is 0 Å². The molecule has 0 aromatic carbocycles. The highest BCUT2D eigenvalue weighted by Crippen LogP contribution is 1.95. The fourth-order valence-corrected chi connectivity index (χ4v) is 1.08. The Labute approximate surface area is 98.3 Å². The van der Waals surface area contributed by atoms with Gasteiger partial charge >= 0.3 is 5.97 Å². The second-order valence-electron chi connectivity index (χ2n) is 3.46. The van der Waals surface area contributed by atoms with E-state index in [-0.39, 0.29) is 19.4 Å². The van der Waals surface area contributed by atoms with Crippen molar-refractivity contribution < 1.29 is 24.2 Å². The molecule has 0 saturated carbocycles. The summed E-state index contributed by atoms with van der Waals surface area (Å²) in [6.07, 6.45) is -0.219. The van der Waals surface area contributed by atoms with Crippen molar-refractivity contribution in [1.29, 1.82) is 0 Å². The molecule has 0 aliphatic carbocycles. The molecule has 0 spiro atoms. The minimum absolute atomic E-state index is 0.112. The van der Waals surface area contributed by atoms with Crippen LogP contribution in [0.4, 0.5) is 0 Å². The van der Waals surface area contributed by atoms with Crippen molar-refractivity contribution in [3.05, 3.63) is 0 Å². The van der Waals surface area contributed by atoms with Crippen molar-refractivity contribution in [3.8, 4) is 0 Å². The lowest BCUT2D eigenvalue weighted by Crippen LogP contribution is -2.49. The van der Waals surface area contributed by atoms with Crippen LogP contribution in [0.2, 0.25) is 0 Å². The van der Waals surface area contributed by atoms with E-state index in [0.29, 0.717) is 0 Å². The van der Waals surface area contributed by atoms with Crippen molar-refractivity contribution in [2.45, 2.75) is 24.9 Å². The molecular formula is C9H17N3O5. The van der Waals surface area contributed by atoms with Gasteiger partial charge in [-0.25, -0.2) is 4.79 Å². The Morgan fingerprint density at radius 2 is 2.00 bits per heavy atom. The van der Waals surface area contributed by atoms with Crippen LogP contribution in [0.3, 0.4) is 0 Å². The molecule has 0 aliphatic rings. The summed E-state index contributed by atoms with van der Waals surface area (Å²) < 4.78 is 4.71. The van der Waals surface area contributed by atoms with Crippen molar-refractivity contribution >= 4 is 17.8 Å². The van der Waals surface area contributed by atoms with Crippen LogP contribution in [-0.4, -0.2) is 48.7 Å². The molecule has 0 radical (unpaired) electrons. The maximum atomic E-state index is 11.4. The highest BCUT2D eigenvalue weighted by atomic mass is 16.5. The number of hydrogen-bond donors (Lipinski definition) is 4. The van der Waals surface area contributed by atoms with E-state index in [1.165, 1.54) is 7.11 Å². The molecule has 0 bridgehead atoms. The first-order chi connectivity index (χ1) is 7.88. The number of methoxy groups -OCH3 is 1. The van der Waals surface area contributed by atoms with E-state index in [0.717, 1.165) is 0 Å². The lowest BCUT2D eigenvalue weighted by molar-refractivity contribution is -0.142. The van der Waals surface area contributed by atoms with Crippen LogP contribution in [0.25, 0.3) is 0 Å². The first-order valence-corrected chi connectivity index (χ1v) is 4.94. The normalized spacial score (nSPS) is 13.8. The summed E-state index contributed by atoms with van der Waals surface area (Å²) in [5, 5.41) is 11.0. The number of hydrogen-bond acceptors (Lipinski definition) is 5. The molecule has 0 rings (SSSR count). The van der Waals surface area contributed by atoms with Crippen LogP contribution in [0.5, 0.6) is 0 Å². The Balaban J connectivity index is 4.29. The summed E-state index contributed by atoms with van der Waals surface area (Å²) in [7, 11) is 1.42. The van der Waals surface area contributed by atoms with Crippen LogP contribution in [0.15, 0.2) is 0 Å². The van der Waals surface area contributed by atoms with Crippen molar-refractivity contribution in [1.82, 2.24) is 5.32 Å². The molecule has 2 atom stereocenters. The summed E-state index contributed by atoms with van der Waals surface area (Å²) in [6.45, 7) is 0.183. The first-order valence-electron chi connectivity index (χ1n) is 4.94. The van der Waals surface area contributed by atoms with Gasteiger partial charge in [0.2, 0.25) is 11.8 Å². The number of carbonyl (C=O) groups excluding carboxylic acids is 2. The third-order valence-electron chi connectivity index (χ3n) is 1.98. The van der Waals surface area contributed by atoms with Gasteiger partial charge in [0, 0.05) is 20.1 Å². The zero-order valence-corrected chi connectivity index (χ0v) is 9.51. The summed E-state index contributed by atoms with van der Waals surface area (Å²) >= 11 is 0. The number of primary amides is 1. The molecule has 0 aromatic rings. The summed E-state index contributed by atoms with van der Waals surface area (Å²) in [6, 6.07) is -2.24. The molecule has 17 heavy (non-hydrogen) atoms. The minimum Gasteiger partial charge on any atom is -0.480 e. The van der Waals surface area contributed by atoms with Gasteiger partial charge in [-0.05, 0) is 0 Å². The molecule has 8 heteroatoms. The SMILES string of the molecule is COCCC(NC(=O)C(N)CC(N)=O)C(=O)O. The number of carboxylic acid groups (broad SMARTS) is 1. The maximum absolute atomic E-state index is 11.4. The third kappa shape index (κ3) is 6.48. The number of ether oxygens (including phenoxy) is 1. The molecule has 0 fully saturated rings. The lowest BCUT2D eigenvalue weighted by Gasteiger charge is -2.16. The molecule has 0 heterocycles. The summed E-state index contributed by atoms with van der Waals surface area (Å²) in [5.41, 5.74) is 10.2. The Hall–Kier alpha value is -1.67. The van der Waals surface area contributed by atoms with E-state index in [4.69, 9.17) is 21.3 Å². The monoisotopic (exact) mass is 247 g/mol. The van der Waals surface area contributed by atoms with Crippen molar-refractivity contribution in [3.63, 3.8) is 0 Å². The van der Waals surface area contributed by atoms with Gasteiger partial charge in [-0.1, -0.05) is 0 Å². The molecule has 98 valence electrons. The average molecular weight is 247 g/mol. The molecule has 0 aromatic heterocycles. The molecular weight excluding hydrogens is 230 g/mol. The molecule has 2 amide bonds. The van der Waals surface area contributed by atoms with Gasteiger partial charge in [0.15, 0.2) is 0 Å². The van der Waals surface area contributed by atoms with Gasteiger partial charge in [0.05, 0.1) is 12.5 Å². The Morgan fingerprint density at radius 1 is 1.41 bits per heavy atom. The topological polar surface area (TPSA) is 145 Å². The predicted molar refractivity (Wildman–Crippen MR) is 57.8 cm³/mol. The zero-order valence-electron chi connectivity index (χ0n) is 9.51. The first kappa shape index (κ1) is 15.3. The lowest BCUT2D eigenvalue weighted by atomic mass is 10.1. The highest BCUT2D eigenvalue weighted by molar-refractivity contribution is 5.90. The predicted octanol–water partition coefficient (Wildman–Crippen LogP) is -2.20. The largest absolute Gasteiger partial charge is 0.480 e. The summed E-state index contributed by atoms with van der Waals surface area (Å²) in [5.74, 6) is -2.65. The van der Waals surface area contributed by atoms with Crippen LogP contribution < -0.4 is 16.8 Å². The molecule has 0 saturated heterocycles. The van der Waals surface area contributed by atoms with Gasteiger partial charge in [-0.2, -0.15) is 0 Å². The number of carbonyl (C=O) groups is 3. The van der Waals surface area contributed by atoms with Gasteiger partial charge in [0.1, 0.15) is 6.04 Å². The van der Waals surface area contributed by atoms with Gasteiger partial charge in [0.25, 0.3) is 0 Å². The van der Waals surface area contributed by atoms with Crippen LogP contribution >= 0.6 is 0 Å². The van der Waals surface area contributed by atoms with E-state index >= 15 is 0 Å². The number of aliphatic carboxylic acids is 1. The standard InChI is InChI=1S/C9H17N3O5/c1-17-3-2-6(9(15)16)12-8(14)5(10)4-7(11)13/h5-6H,2-4,10H2,1H3,(H2,11,13)(H,12,14)(H,15,16). The zero-order chi connectivity index (χ0) is 13.4. The average Bonchev–Trinajstić information content (AvgIpc) is 2.22. The number of carboxylic acids is 1. The second-order valence-corrected chi connectivity index (χ2v) is 3.46. The smallest absolute Gasteiger partial charge is 0.326 e. The molecule has 6 N–H and O–H groups in total.